The molecule has 0 aromatic heterocycles. The lowest BCUT2D eigenvalue weighted by molar-refractivity contribution is -0.143. The standard InChI is InChI=1S/C19H27N3O5/c1-5-27-16-7-6-13(17(23)21(3)4)9-15(16)20-19(26)22-10-12(2)8-14(11-22)18(24)25/h6-7,9,12,14H,5,8,10-11H2,1-4H3,(H,20,26)(H,24,25). The predicted molar refractivity (Wildman–Crippen MR) is 101 cm³/mol. The molecule has 1 aliphatic heterocycles. The molecule has 0 radical (unpaired) electrons. The summed E-state index contributed by atoms with van der Waals surface area (Å²) in [4.78, 5) is 39.2. The van der Waals surface area contributed by atoms with Crippen molar-refractivity contribution in [1.29, 1.82) is 0 Å². The molecule has 2 N–H and O–H groups in total. The van der Waals surface area contributed by atoms with Gasteiger partial charge in [0, 0.05) is 32.7 Å². The van der Waals surface area contributed by atoms with Gasteiger partial charge in [-0.2, -0.15) is 0 Å². The number of nitrogens with one attached hydrogen (secondary N) is 1. The highest BCUT2D eigenvalue weighted by molar-refractivity contribution is 5.98. The first kappa shape index (κ1) is 20.5. The Morgan fingerprint density at radius 3 is 2.59 bits per heavy atom. The lowest BCUT2D eigenvalue weighted by atomic mass is 9.91. The second-order valence-electron chi connectivity index (χ2n) is 7.05. The number of carbonyl (C=O) groups is 3. The van der Waals surface area contributed by atoms with Gasteiger partial charge in [0.2, 0.25) is 0 Å². The minimum Gasteiger partial charge on any atom is -0.492 e. The summed E-state index contributed by atoms with van der Waals surface area (Å²) in [5.74, 6) is -1.11. The number of rotatable bonds is 5. The largest absolute Gasteiger partial charge is 0.492 e. The molecule has 148 valence electrons. The van der Waals surface area contributed by atoms with Gasteiger partial charge in [0.1, 0.15) is 5.75 Å². The SMILES string of the molecule is CCOc1ccc(C(=O)N(C)C)cc1NC(=O)N1CC(C)CC(C(=O)O)C1. The van der Waals surface area contributed by atoms with Gasteiger partial charge in [0.05, 0.1) is 18.2 Å². The van der Waals surface area contributed by atoms with Gasteiger partial charge >= 0.3 is 12.0 Å². The molecule has 1 heterocycles. The number of nitrogens with zero attached hydrogens (tertiary/aromatic N) is 2. The molecular weight excluding hydrogens is 350 g/mol. The Hall–Kier alpha value is -2.77. The number of likely N-dealkylation sites (tertiary alicyclic amines) is 1. The average Bonchev–Trinajstić information content (AvgIpc) is 2.61. The van der Waals surface area contributed by atoms with Gasteiger partial charge in [-0.3, -0.25) is 9.59 Å². The molecule has 8 heteroatoms. The molecule has 0 spiro atoms. The summed E-state index contributed by atoms with van der Waals surface area (Å²) in [6.07, 6.45) is 0.552. The molecule has 0 saturated carbocycles. The van der Waals surface area contributed by atoms with Crippen LogP contribution in [0.15, 0.2) is 18.2 Å². The van der Waals surface area contributed by atoms with Crippen molar-refractivity contribution in [3.8, 4) is 5.75 Å². The summed E-state index contributed by atoms with van der Waals surface area (Å²) in [6.45, 7) is 4.80. The number of piperidine rings is 1. The third-order valence-corrected chi connectivity index (χ3v) is 4.47. The number of aliphatic carboxylic acids is 1. The van der Waals surface area contributed by atoms with Crippen LogP contribution in [0.1, 0.15) is 30.6 Å². The minimum absolute atomic E-state index is 0.0959. The van der Waals surface area contributed by atoms with E-state index in [0.29, 0.717) is 36.6 Å². The van der Waals surface area contributed by atoms with E-state index < -0.39 is 17.9 Å². The van der Waals surface area contributed by atoms with Crippen molar-refractivity contribution in [2.24, 2.45) is 11.8 Å². The molecular formula is C19H27N3O5. The van der Waals surface area contributed by atoms with Gasteiger partial charge in [0.15, 0.2) is 0 Å². The number of amides is 3. The first-order chi connectivity index (χ1) is 12.7. The number of carbonyl (C=O) groups excluding carboxylic acids is 2. The normalized spacial score (nSPS) is 19.3. The summed E-state index contributed by atoms with van der Waals surface area (Å²) in [6, 6.07) is 4.47. The van der Waals surface area contributed by atoms with Crippen molar-refractivity contribution >= 4 is 23.6 Å². The number of ether oxygens (including phenoxy) is 1. The fraction of sp³-hybridized carbons (Fsp3) is 0.526. The van der Waals surface area contributed by atoms with E-state index in [2.05, 4.69) is 5.32 Å². The van der Waals surface area contributed by atoms with Gasteiger partial charge in [-0.25, -0.2) is 4.79 Å². The van der Waals surface area contributed by atoms with Gasteiger partial charge in [-0.15, -0.1) is 0 Å². The Bertz CT molecular complexity index is 719. The number of anilines is 1. The van der Waals surface area contributed by atoms with E-state index in [9.17, 15) is 19.5 Å². The van der Waals surface area contributed by atoms with Gasteiger partial charge < -0.3 is 25.0 Å². The van der Waals surface area contributed by atoms with Crippen molar-refractivity contribution in [2.75, 3.05) is 39.1 Å². The van der Waals surface area contributed by atoms with E-state index in [1.807, 2.05) is 13.8 Å². The van der Waals surface area contributed by atoms with Crippen LogP contribution < -0.4 is 10.1 Å². The van der Waals surface area contributed by atoms with Crippen molar-refractivity contribution in [2.45, 2.75) is 20.3 Å². The molecule has 8 nitrogen and oxygen atoms in total. The molecule has 3 amide bonds. The molecule has 1 aliphatic rings. The Kier molecular flexibility index (Phi) is 6.65. The minimum atomic E-state index is -0.895. The van der Waals surface area contributed by atoms with E-state index in [-0.39, 0.29) is 18.4 Å². The maximum absolute atomic E-state index is 12.7. The highest BCUT2D eigenvalue weighted by Gasteiger charge is 2.32. The van der Waals surface area contributed by atoms with Crippen LogP contribution in [0.25, 0.3) is 0 Å². The first-order valence-corrected chi connectivity index (χ1v) is 9.00. The second-order valence-corrected chi connectivity index (χ2v) is 7.05. The molecule has 2 rings (SSSR count). The lowest BCUT2D eigenvalue weighted by Gasteiger charge is -2.34. The van der Waals surface area contributed by atoms with Gasteiger partial charge in [-0.05, 0) is 37.5 Å². The topological polar surface area (TPSA) is 99.2 Å². The number of hydrogen-bond donors (Lipinski definition) is 2. The molecule has 2 unspecified atom stereocenters. The quantitative estimate of drug-likeness (QED) is 0.821. The first-order valence-electron chi connectivity index (χ1n) is 9.00. The highest BCUT2D eigenvalue weighted by Crippen LogP contribution is 2.28. The van der Waals surface area contributed by atoms with Crippen LogP contribution in [0.4, 0.5) is 10.5 Å². The van der Waals surface area contributed by atoms with Crippen LogP contribution in [-0.2, 0) is 4.79 Å². The van der Waals surface area contributed by atoms with E-state index in [1.165, 1.54) is 9.80 Å². The summed E-state index contributed by atoms with van der Waals surface area (Å²) in [5, 5.41) is 12.1. The molecule has 1 aromatic carbocycles. The average molecular weight is 377 g/mol. The Balaban J connectivity index is 2.23. The summed E-state index contributed by atoms with van der Waals surface area (Å²) in [5.41, 5.74) is 0.814. The number of urea groups is 1. The summed E-state index contributed by atoms with van der Waals surface area (Å²) in [7, 11) is 3.30. The van der Waals surface area contributed by atoms with Crippen LogP contribution in [0, 0.1) is 11.8 Å². The van der Waals surface area contributed by atoms with E-state index in [4.69, 9.17) is 4.74 Å². The van der Waals surface area contributed by atoms with Crippen molar-refractivity contribution in [3.63, 3.8) is 0 Å². The predicted octanol–water partition coefficient (Wildman–Crippen LogP) is 2.36. The van der Waals surface area contributed by atoms with Crippen LogP contribution in [-0.4, -0.2) is 66.6 Å². The van der Waals surface area contributed by atoms with E-state index in [0.717, 1.165) is 0 Å². The van der Waals surface area contributed by atoms with E-state index >= 15 is 0 Å². The maximum Gasteiger partial charge on any atom is 0.321 e. The Morgan fingerprint density at radius 2 is 2.00 bits per heavy atom. The lowest BCUT2D eigenvalue weighted by Crippen LogP contribution is -2.47. The number of hydrogen-bond acceptors (Lipinski definition) is 4. The molecule has 1 saturated heterocycles. The highest BCUT2D eigenvalue weighted by atomic mass is 16.5. The summed E-state index contributed by atoms with van der Waals surface area (Å²) < 4.78 is 5.55. The Morgan fingerprint density at radius 1 is 1.30 bits per heavy atom. The van der Waals surface area contributed by atoms with E-state index in [1.54, 1.807) is 32.3 Å². The van der Waals surface area contributed by atoms with Crippen LogP contribution in [0.3, 0.4) is 0 Å². The fourth-order valence-corrected chi connectivity index (χ4v) is 3.19. The smallest absolute Gasteiger partial charge is 0.321 e. The summed E-state index contributed by atoms with van der Waals surface area (Å²) >= 11 is 0. The molecule has 1 aromatic rings. The van der Waals surface area contributed by atoms with Crippen molar-refractivity contribution in [1.82, 2.24) is 9.80 Å². The monoisotopic (exact) mass is 377 g/mol. The van der Waals surface area contributed by atoms with Crippen molar-refractivity contribution < 1.29 is 24.2 Å². The molecule has 27 heavy (non-hydrogen) atoms. The van der Waals surface area contributed by atoms with Crippen molar-refractivity contribution in [3.05, 3.63) is 23.8 Å². The number of carboxylic acid groups (broad SMARTS) is 1. The molecule has 2 atom stereocenters. The Labute approximate surface area is 159 Å². The third kappa shape index (κ3) is 5.12. The number of benzene rings is 1. The zero-order valence-electron chi connectivity index (χ0n) is 16.2. The maximum atomic E-state index is 12.7. The van der Waals surface area contributed by atoms with Crippen LogP contribution in [0.2, 0.25) is 0 Å². The van der Waals surface area contributed by atoms with Gasteiger partial charge in [-0.1, -0.05) is 6.92 Å². The fourth-order valence-electron chi connectivity index (χ4n) is 3.19. The molecule has 0 bridgehead atoms. The second kappa shape index (κ2) is 8.75. The third-order valence-electron chi connectivity index (χ3n) is 4.47. The zero-order valence-corrected chi connectivity index (χ0v) is 16.2. The number of carboxylic acids is 1. The molecule has 1 fully saturated rings. The van der Waals surface area contributed by atoms with Crippen LogP contribution >= 0.6 is 0 Å². The zero-order chi connectivity index (χ0) is 20.1. The van der Waals surface area contributed by atoms with Crippen LogP contribution in [0.5, 0.6) is 5.75 Å². The molecule has 0 aliphatic carbocycles. The van der Waals surface area contributed by atoms with Gasteiger partial charge in [0.25, 0.3) is 5.91 Å².